The molecule has 3 rings (SSSR count). The van der Waals surface area contributed by atoms with Crippen LogP contribution in [0.5, 0.6) is 0 Å². The van der Waals surface area contributed by atoms with E-state index in [1.807, 2.05) is 35.7 Å². The highest BCUT2D eigenvalue weighted by molar-refractivity contribution is 6.29. The summed E-state index contributed by atoms with van der Waals surface area (Å²) in [6, 6.07) is 5.84. The van der Waals surface area contributed by atoms with E-state index in [1.165, 1.54) is 0 Å². The van der Waals surface area contributed by atoms with Crippen LogP contribution in [-0.4, -0.2) is 19.4 Å². The third kappa shape index (κ3) is 1.66. The lowest BCUT2D eigenvalue weighted by Crippen LogP contribution is -1.95. The Balaban J connectivity index is 2.31. The zero-order valence-corrected chi connectivity index (χ0v) is 9.89. The molecule has 0 amide bonds. The number of pyridine rings is 1. The van der Waals surface area contributed by atoms with E-state index in [-0.39, 0.29) is 0 Å². The molecule has 0 atom stereocenters. The topological polar surface area (TPSA) is 43.1 Å². The van der Waals surface area contributed by atoms with Gasteiger partial charge in [-0.05, 0) is 19.1 Å². The first kappa shape index (κ1) is 10.2. The molecule has 5 heteroatoms. The van der Waals surface area contributed by atoms with E-state index in [2.05, 4.69) is 15.0 Å². The van der Waals surface area contributed by atoms with Gasteiger partial charge in [0.25, 0.3) is 0 Å². The third-order valence-electron chi connectivity index (χ3n) is 2.59. The van der Waals surface area contributed by atoms with Crippen LogP contribution in [0.4, 0.5) is 0 Å². The van der Waals surface area contributed by atoms with Gasteiger partial charge in [-0.15, -0.1) is 0 Å². The Morgan fingerprint density at radius 3 is 2.94 bits per heavy atom. The molecule has 0 aromatic carbocycles. The molecule has 4 nitrogen and oxygen atoms in total. The number of rotatable bonds is 1. The summed E-state index contributed by atoms with van der Waals surface area (Å²) in [5.74, 6) is 0. The van der Waals surface area contributed by atoms with Gasteiger partial charge in [-0.3, -0.25) is 9.38 Å². The van der Waals surface area contributed by atoms with Crippen molar-refractivity contribution in [2.75, 3.05) is 0 Å². The molecule has 0 radical (unpaired) electrons. The van der Waals surface area contributed by atoms with E-state index in [0.717, 1.165) is 22.7 Å². The van der Waals surface area contributed by atoms with E-state index in [4.69, 9.17) is 11.6 Å². The molecule has 3 heterocycles. The van der Waals surface area contributed by atoms with Crippen molar-refractivity contribution in [2.24, 2.45) is 0 Å². The van der Waals surface area contributed by atoms with Gasteiger partial charge in [0.1, 0.15) is 16.5 Å². The van der Waals surface area contributed by atoms with Crippen LogP contribution in [0.15, 0.2) is 36.8 Å². The molecule has 3 aromatic heterocycles. The van der Waals surface area contributed by atoms with Crippen LogP contribution in [0, 0.1) is 6.92 Å². The number of hydrogen-bond acceptors (Lipinski definition) is 3. The number of aromatic nitrogens is 4. The Morgan fingerprint density at radius 2 is 2.06 bits per heavy atom. The number of aryl methyl sites for hydroxylation is 1. The minimum Gasteiger partial charge on any atom is -0.298 e. The van der Waals surface area contributed by atoms with Crippen molar-refractivity contribution in [1.29, 1.82) is 0 Å². The Labute approximate surface area is 103 Å². The molecule has 0 aliphatic heterocycles. The van der Waals surface area contributed by atoms with E-state index >= 15 is 0 Å². The van der Waals surface area contributed by atoms with Crippen LogP contribution in [0.3, 0.4) is 0 Å². The predicted molar refractivity (Wildman–Crippen MR) is 66.0 cm³/mol. The van der Waals surface area contributed by atoms with Gasteiger partial charge in [0.05, 0.1) is 23.8 Å². The van der Waals surface area contributed by atoms with Crippen molar-refractivity contribution >= 4 is 17.2 Å². The molecule has 0 saturated carbocycles. The summed E-state index contributed by atoms with van der Waals surface area (Å²) in [5, 5.41) is 0.386. The third-order valence-corrected chi connectivity index (χ3v) is 2.77. The molecule has 0 aliphatic carbocycles. The molecule has 0 spiro atoms. The fourth-order valence-electron chi connectivity index (χ4n) is 1.78. The fourth-order valence-corrected chi connectivity index (χ4v) is 1.91. The molecule has 0 N–H and O–H groups in total. The van der Waals surface area contributed by atoms with Crippen molar-refractivity contribution in [3.05, 3.63) is 47.6 Å². The molecule has 17 heavy (non-hydrogen) atoms. The quantitative estimate of drug-likeness (QED) is 0.661. The maximum absolute atomic E-state index is 5.88. The highest BCUT2D eigenvalue weighted by atomic mass is 35.5. The minimum absolute atomic E-state index is 0.386. The van der Waals surface area contributed by atoms with Gasteiger partial charge >= 0.3 is 0 Å². The second-order valence-electron chi connectivity index (χ2n) is 3.70. The predicted octanol–water partition coefficient (Wildman–Crippen LogP) is 2.75. The summed E-state index contributed by atoms with van der Waals surface area (Å²) in [6.45, 7) is 1.90. The van der Waals surface area contributed by atoms with Gasteiger partial charge < -0.3 is 0 Å². The second-order valence-corrected chi connectivity index (χ2v) is 4.09. The molecule has 0 fully saturated rings. The standard InChI is InChI=1S/C12H9ClN4/c1-8-12(16-10(13)7-14-8)9-6-15-11-4-2-3-5-17(9)11/h2-7H,1H3. The van der Waals surface area contributed by atoms with Gasteiger partial charge in [-0.25, -0.2) is 9.97 Å². The Bertz CT molecular complexity index is 690. The largest absolute Gasteiger partial charge is 0.298 e. The van der Waals surface area contributed by atoms with Gasteiger partial charge in [-0.2, -0.15) is 0 Å². The Kier molecular flexibility index (Phi) is 2.30. The minimum atomic E-state index is 0.386. The average molecular weight is 245 g/mol. The zero-order chi connectivity index (χ0) is 11.8. The normalized spacial score (nSPS) is 10.9. The first-order chi connectivity index (χ1) is 8.25. The van der Waals surface area contributed by atoms with Crippen LogP contribution < -0.4 is 0 Å². The number of nitrogens with zero attached hydrogens (tertiary/aromatic N) is 4. The molecular weight excluding hydrogens is 236 g/mol. The van der Waals surface area contributed by atoms with Gasteiger partial charge in [0.15, 0.2) is 0 Å². The van der Waals surface area contributed by atoms with Crippen LogP contribution in [0.2, 0.25) is 5.15 Å². The van der Waals surface area contributed by atoms with Crippen molar-refractivity contribution in [1.82, 2.24) is 19.4 Å². The van der Waals surface area contributed by atoms with Crippen LogP contribution in [0.1, 0.15) is 5.69 Å². The lowest BCUT2D eigenvalue weighted by atomic mass is 10.2. The lowest BCUT2D eigenvalue weighted by Gasteiger charge is -2.04. The highest BCUT2D eigenvalue weighted by Crippen LogP contribution is 2.22. The zero-order valence-electron chi connectivity index (χ0n) is 9.13. The van der Waals surface area contributed by atoms with E-state index < -0.39 is 0 Å². The van der Waals surface area contributed by atoms with E-state index in [9.17, 15) is 0 Å². The maximum atomic E-state index is 5.88. The first-order valence-electron chi connectivity index (χ1n) is 5.17. The summed E-state index contributed by atoms with van der Waals surface area (Å²) in [7, 11) is 0. The maximum Gasteiger partial charge on any atom is 0.148 e. The Morgan fingerprint density at radius 1 is 1.18 bits per heavy atom. The van der Waals surface area contributed by atoms with E-state index in [0.29, 0.717) is 5.15 Å². The SMILES string of the molecule is Cc1ncc(Cl)nc1-c1cnc2ccccn12. The number of hydrogen-bond donors (Lipinski definition) is 0. The molecule has 3 aromatic rings. The average Bonchev–Trinajstić information content (AvgIpc) is 2.76. The fraction of sp³-hybridized carbons (Fsp3) is 0.0833. The molecular formula is C12H9ClN4. The van der Waals surface area contributed by atoms with Crippen molar-refractivity contribution in [3.8, 4) is 11.4 Å². The van der Waals surface area contributed by atoms with Crippen LogP contribution in [-0.2, 0) is 0 Å². The summed E-state index contributed by atoms with van der Waals surface area (Å²) >= 11 is 5.88. The Hall–Kier alpha value is -1.94. The summed E-state index contributed by atoms with van der Waals surface area (Å²) < 4.78 is 1.97. The lowest BCUT2D eigenvalue weighted by molar-refractivity contribution is 1.09. The summed E-state index contributed by atoms with van der Waals surface area (Å²) in [6.07, 6.45) is 5.27. The number of imidazole rings is 1. The van der Waals surface area contributed by atoms with Crippen LogP contribution >= 0.6 is 11.6 Å². The summed E-state index contributed by atoms with van der Waals surface area (Å²) in [4.78, 5) is 12.8. The molecule has 0 aliphatic rings. The van der Waals surface area contributed by atoms with Crippen molar-refractivity contribution < 1.29 is 0 Å². The molecule has 84 valence electrons. The van der Waals surface area contributed by atoms with Crippen molar-refractivity contribution in [3.63, 3.8) is 0 Å². The molecule has 0 bridgehead atoms. The monoisotopic (exact) mass is 244 g/mol. The molecule has 0 saturated heterocycles. The van der Waals surface area contributed by atoms with E-state index in [1.54, 1.807) is 12.4 Å². The number of fused-ring (bicyclic) bond motifs is 1. The summed E-state index contributed by atoms with van der Waals surface area (Å²) in [5.41, 5.74) is 3.37. The molecule has 0 unspecified atom stereocenters. The smallest absolute Gasteiger partial charge is 0.148 e. The van der Waals surface area contributed by atoms with Gasteiger partial charge in [0.2, 0.25) is 0 Å². The highest BCUT2D eigenvalue weighted by Gasteiger charge is 2.10. The van der Waals surface area contributed by atoms with Gasteiger partial charge in [0, 0.05) is 6.20 Å². The van der Waals surface area contributed by atoms with Gasteiger partial charge in [-0.1, -0.05) is 17.7 Å². The second kappa shape index (κ2) is 3.82. The van der Waals surface area contributed by atoms with Crippen LogP contribution in [0.25, 0.3) is 17.0 Å². The van der Waals surface area contributed by atoms with Crippen molar-refractivity contribution in [2.45, 2.75) is 6.92 Å². The number of halogens is 1. The first-order valence-corrected chi connectivity index (χ1v) is 5.55.